The molecule has 1 amide bonds. The van der Waals surface area contributed by atoms with Crippen LogP contribution in [0.15, 0.2) is 42.5 Å². The van der Waals surface area contributed by atoms with Gasteiger partial charge in [0.15, 0.2) is 0 Å². The molecule has 3 N–H and O–H groups in total. The predicted molar refractivity (Wildman–Crippen MR) is 108 cm³/mol. The predicted octanol–water partition coefficient (Wildman–Crippen LogP) is 1.45. The number of alkyl halides is 3. The van der Waals surface area contributed by atoms with Gasteiger partial charge in [0, 0.05) is 0 Å². The number of carbonyl (C=O) groups excluding carboxylic acids is 1. The first kappa shape index (κ1) is 21.9. The maximum atomic E-state index is 13.6. The molecule has 6 nitrogen and oxygen atoms in total. The number of sulfone groups is 1. The van der Waals surface area contributed by atoms with Crippen molar-refractivity contribution >= 4 is 34.0 Å². The molecule has 2 aromatic carbocycles. The van der Waals surface area contributed by atoms with Crippen molar-refractivity contribution in [2.45, 2.75) is 24.4 Å². The second-order valence-electron chi connectivity index (χ2n) is 7.91. The van der Waals surface area contributed by atoms with E-state index in [0.29, 0.717) is 5.56 Å². The minimum absolute atomic E-state index is 0.121. The molecular formula is C20H19BF3NO5S. The summed E-state index contributed by atoms with van der Waals surface area (Å²) in [6, 6.07) is 9.33. The van der Waals surface area contributed by atoms with E-state index in [1.54, 1.807) is 0 Å². The average molecular weight is 453 g/mol. The van der Waals surface area contributed by atoms with E-state index in [9.17, 15) is 36.4 Å². The molecule has 4 rings (SSSR count). The Labute approximate surface area is 177 Å². The van der Waals surface area contributed by atoms with Crippen LogP contribution >= 0.6 is 0 Å². The van der Waals surface area contributed by atoms with Gasteiger partial charge in [0.1, 0.15) is 15.3 Å². The molecule has 0 aromatic heterocycles. The van der Waals surface area contributed by atoms with E-state index in [4.69, 9.17) is 0 Å². The number of carbonyl (C=O) groups is 1. The minimum atomic E-state index is -4.69. The molecule has 31 heavy (non-hydrogen) atoms. The van der Waals surface area contributed by atoms with Gasteiger partial charge in [0.25, 0.3) is 0 Å². The van der Waals surface area contributed by atoms with Gasteiger partial charge in [-0.2, -0.15) is 13.2 Å². The van der Waals surface area contributed by atoms with Gasteiger partial charge in [-0.3, -0.25) is 4.79 Å². The maximum absolute atomic E-state index is 13.6. The summed E-state index contributed by atoms with van der Waals surface area (Å²) in [6.45, 7) is 0. The van der Waals surface area contributed by atoms with Crippen LogP contribution in [-0.4, -0.2) is 43.0 Å². The highest BCUT2D eigenvalue weighted by Crippen LogP contribution is 2.53. The number of hydrogen-bond acceptors (Lipinski definition) is 5. The third-order valence-electron chi connectivity index (χ3n) is 6.22. The Morgan fingerprint density at radius 3 is 2.19 bits per heavy atom. The van der Waals surface area contributed by atoms with Gasteiger partial charge in [-0.25, -0.2) is 8.42 Å². The average Bonchev–Trinajstić information content (AvgIpc) is 3.00. The lowest BCUT2D eigenvalue weighted by Gasteiger charge is -2.39. The summed E-state index contributed by atoms with van der Waals surface area (Å²) in [7, 11) is -5.02. The molecular weight excluding hydrogens is 434 g/mol. The Kier molecular flexibility index (Phi) is 5.18. The number of amides is 1. The van der Waals surface area contributed by atoms with E-state index in [2.05, 4.69) is 5.32 Å². The summed E-state index contributed by atoms with van der Waals surface area (Å²) in [5, 5.41) is 21.2. The molecule has 0 aliphatic carbocycles. The zero-order valence-electron chi connectivity index (χ0n) is 16.2. The molecule has 1 fully saturated rings. The molecule has 2 heterocycles. The first-order valence-corrected chi connectivity index (χ1v) is 11.5. The quantitative estimate of drug-likeness (QED) is 0.611. The van der Waals surface area contributed by atoms with Gasteiger partial charge in [0.2, 0.25) is 5.91 Å². The van der Waals surface area contributed by atoms with Crippen molar-refractivity contribution in [1.29, 1.82) is 0 Å². The minimum Gasteiger partial charge on any atom is -0.423 e. The van der Waals surface area contributed by atoms with Crippen molar-refractivity contribution in [2.24, 2.45) is 5.92 Å². The van der Waals surface area contributed by atoms with Crippen LogP contribution in [-0.2, 0) is 26.2 Å². The molecule has 0 bridgehead atoms. The lowest BCUT2D eigenvalue weighted by Crippen LogP contribution is -2.46. The molecule has 0 radical (unpaired) electrons. The highest BCUT2D eigenvalue weighted by molar-refractivity contribution is 7.91. The second-order valence-corrected chi connectivity index (χ2v) is 10.2. The van der Waals surface area contributed by atoms with Crippen LogP contribution in [0, 0.1) is 5.92 Å². The lowest BCUT2D eigenvalue weighted by molar-refractivity contribution is -0.136. The van der Waals surface area contributed by atoms with Crippen LogP contribution < -0.4 is 10.8 Å². The first-order valence-electron chi connectivity index (χ1n) is 9.66. The van der Waals surface area contributed by atoms with E-state index < -0.39 is 45.9 Å². The standard InChI is InChI=1S/C20H19BF3NO5S/c22-20(23,24)16-3-1-2-15-17(16)25-18(26)19(15,13-8-10-31(29,30)11-9-13)12-4-6-14(7-5-12)21(27)28/h1-7,13,27-28H,8-11H2,(H,25,26)/t19-/m0/s1. The fourth-order valence-electron chi connectivity index (χ4n) is 4.76. The van der Waals surface area contributed by atoms with E-state index in [0.717, 1.165) is 6.07 Å². The summed E-state index contributed by atoms with van der Waals surface area (Å²) >= 11 is 0. The van der Waals surface area contributed by atoms with Crippen LogP contribution in [0.5, 0.6) is 0 Å². The maximum Gasteiger partial charge on any atom is 0.488 e. The molecule has 164 valence electrons. The molecule has 11 heteroatoms. The van der Waals surface area contributed by atoms with Gasteiger partial charge >= 0.3 is 13.3 Å². The number of hydrogen-bond donors (Lipinski definition) is 3. The Bertz CT molecular complexity index is 1120. The Morgan fingerprint density at radius 2 is 1.65 bits per heavy atom. The van der Waals surface area contributed by atoms with Crippen LogP contribution in [0.3, 0.4) is 0 Å². The molecule has 0 spiro atoms. The lowest BCUT2D eigenvalue weighted by atomic mass is 9.63. The molecule has 0 unspecified atom stereocenters. The fourth-order valence-corrected chi connectivity index (χ4v) is 6.25. The SMILES string of the molecule is O=C1Nc2c(C(F)(F)F)cccc2[C@]1(c1ccc(B(O)O)cc1)C1CCS(=O)(=O)CC1. The number of benzene rings is 2. The van der Waals surface area contributed by atoms with Gasteiger partial charge in [0.05, 0.1) is 22.8 Å². The topological polar surface area (TPSA) is 104 Å². The Balaban J connectivity index is 1.94. The van der Waals surface area contributed by atoms with E-state index in [1.807, 2.05) is 0 Å². The van der Waals surface area contributed by atoms with Crippen molar-refractivity contribution < 1.29 is 36.4 Å². The van der Waals surface area contributed by atoms with Crippen molar-refractivity contribution in [3.8, 4) is 0 Å². The number of fused-ring (bicyclic) bond motifs is 1. The molecule has 1 saturated heterocycles. The largest absolute Gasteiger partial charge is 0.488 e. The number of para-hydroxylation sites is 1. The van der Waals surface area contributed by atoms with E-state index >= 15 is 0 Å². The van der Waals surface area contributed by atoms with Crippen molar-refractivity contribution in [1.82, 2.24) is 0 Å². The summed E-state index contributed by atoms with van der Waals surface area (Å²) in [5.74, 6) is -1.52. The second kappa shape index (κ2) is 7.35. The third kappa shape index (κ3) is 3.54. The summed E-state index contributed by atoms with van der Waals surface area (Å²) < 4.78 is 64.8. The molecule has 2 aliphatic rings. The monoisotopic (exact) mass is 453 g/mol. The molecule has 2 aliphatic heterocycles. The Morgan fingerprint density at radius 1 is 1.03 bits per heavy atom. The zero-order valence-corrected chi connectivity index (χ0v) is 17.0. The van der Waals surface area contributed by atoms with Crippen LogP contribution in [0.25, 0.3) is 0 Å². The highest BCUT2D eigenvalue weighted by atomic mass is 32.2. The number of rotatable bonds is 3. The van der Waals surface area contributed by atoms with E-state index in [-0.39, 0.29) is 41.1 Å². The van der Waals surface area contributed by atoms with Gasteiger partial charge in [-0.1, -0.05) is 36.4 Å². The van der Waals surface area contributed by atoms with E-state index in [1.165, 1.54) is 36.4 Å². The molecule has 2 aromatic rings. The number of nitrogens with one attached hydrogen (secondary N) is 1. The smallest absolute Gasteiger partial charge is 0.423 e. The molecule has 0 saturated carbocycles. The summed E-state index contributed by atoms with van der Waals surface area (Å²) in [5.41, 5.74) is -2.13. The third-order valence-corrected chi connectivity index (χ3v) is 7.94. The van der Waals surface area contributed by atoms with Crippen LogP contribution in [0.4, 0.5) is 18.9 Å². The zero-order chi connectivity index (χ0) is 22.6. The highest BCUT2D eigenvalue weighted by Gasteiger charge is 2.56. The van der Waals surface area contributed by atoms with Gasteiger partial charge in [-0.15, -0.1) is 0 Å². The summed E-state index contributed by atoms with van der Waals surface area (Å²) in [4.78, 5) is 13.4. The van der Waals surface area contributed by atoms with Crippen molar-refractivity contribution in [3.05, 3.63) is 59.2 Å². The van der Waals surface area contributed by atoms with Crippen molar-refractivity contribution in [3.63, 3.8) is 0 Å². The summed E-state index contributed by atoms with van der Waals surface area (Å²) in [6.07, 6.45) is -4.44. The van der Waals surface area contributed by atoms with Crippen LogP contribution in [0.1, 0.15) is 29.5 Å². The molecule has 1 atom stereocenters. The Hall–Kier alpha value is -2.37. The van der Waals surface area contributed by atoms with Gasteiger partial charge < -0.3 is 15.4 Å². The van der Waals surface area contributed by atoms with Crippen molar-refractivity contribution in [2.75, 3.05) is 16.8 Å². The fraction of sp³-hybridized carbons (Fsp3) is 0.350. The number of halogens is 3. The van der Waals surface area contributed by atoms with Gasteiger partial charge in [-0.05, 0) is 41.4 Å². The normalized spacial score (nSPS) is 23.3. The van der Waals surface area contributed by atoms with Crippen LogP contribution in [0.2, 0.25) is 0 Å². The first-order chi connectivity index (χ1) is 14.5. The number of anilines is 1.